The molecule has 1 aromatic rings. The fourth-order valence-corrected chi connectivity index (χ4v) is 1.38. The summed E-state index contributed by atoms with van der Waals surface area (Å²) < 4.78 is 45.8. The maximum Gasteiger partial charge on any atom is 0.422 e. The van der Waals surface area contributed by atoms with E-state index in [0.29, 0.717) is 11.4 Å². The highest BCUT2D eigenvalue weighted by Gasteiger charge is 2.29. The SMILES string of the molecule is Cc1cc(CNC(=O)OC(C)(C)C)nc(OCC(F)(F)F)n1. The molecule has 0 unspecified atom stereocenters. The van der Waals surface area contributed by atoms with Gasteiger partial charge in [0.15, 0.2) is 6.61 Å². The summed E-state index contributed by atoms with van der Waals surface area (Å²) in [5.74, 6) is 0. The van der Waals surface area contributed by atoms with Gasteiger partial charge in [-0.25, -0.2) is 9.78 Å². The fraction of sp³-hybridized carbons (Fsp3) is 0.615. The van der Waals surface area contributed by atoms with Crippen LogP contribution in [0.4, 0.5) is 18.0 Å². The standard InChI is InChI=1S/C13H18F3N3O3/c1-8-5-9(6-17-11(20)22-12(2,3)4)19-10(18-8)21-7-13(14,15)16/h5H,6-7H2,1-4H3,(H,17,20). The minimum Gasteiger partial charge on any atom is -0.454 e. The van der Waals surface area contributed by atoms with E-state index >= 15 is 0 Å². The van der Waals surface area contributed by atoms with Crippen molar-refractivity contribution in [2.75, 3.05) is 6.61 Å². The molecule has 9 heteroatoms. The van der Waals surface area contributed by atoms with Gasteiger partial charge in [0.1, 0.15) is 5.60 Å². The average molecular weight is 321 g/mol. The van der Waals surface area contributed by atoms with E-state index in [-0.39, 0.29) is 6.54 Å². The van der Waals surface area contributed by atoms with E-state index in [9.17, 15) is 18.0 Å². The Morgan fingerprint density at radius 1 is 1.27 bits per heavy atom. The van der Waals surface area contributed by atoms with Crippen molar-refractivity contribution in [1.29, 1.82) is 0 Å². The third kappa shape index (κ3) is 7.65. The molecule has 0 saturated carbocycles. The van der Waals surface area contributed by atoms with Crippen LogP contribution < -0.4 is 10.1 Å². The minimum atomic E-state index is -4.47. The molecule has 0 saturated heterocycles. The topological polar surface area (TPSA) is 73.3 Å². The van der Waals surface area contributed by atoms with Crippen LogP contribution in [0.1, 0.15) is 32.2 Å². The van der Waals surface area contributed by atoms with Gasteiger partial charge in [-0.15, -0.1) is 0 Å². The zero-order valence-corrected chi connectivity index (χ0v) is 12.7. The van der Waals surface area contributed by atoms with Crippen LogP contribution in [0.3, 0.4) is 0 Å². The maximum absolute atomic E-state index is 12.1. The first-order valence-corrected chi connectivity index (χ1v) is 6.45. The van der Waals surface area contributed by atoms with Gasteiger partial charge in [0.25, 0.3) is 0 Å². The van der Waals surface area contributed by atoms with Crippen LogP contribution in [0.15, 0.2) is 6.07 Å². The molecule has 1 N–H and O–H groups in total. The Balaban J connectivity index is 2.64. The average Bonchev–Trinajstić information content (AvgIpc) is 2.30. The highest BCUT2D eigenvalue weighted by atomic mass is 19.4. The number of aromatic nitrogens is 2. The van der Waals surface area contributed by atoms with Gasteiger partial charge in [-0.3, -0.25) is 0 Å². The minimum absolute atomic E-state index is 0.0132. The maximum atomic E-state index is 12.1. The van der Waals surface area contributed by atoms with E-state index in [2.05, 4.69) is 20.0 Å². The van der Waals surface area contributed by atoms with Crippen LogP contribution in [-0.2, 0) is 11.3 Å². The Morgan fingerprint density at radius 3 is 2.45 bits per heavy atom. The van der Waals surface area contributed by atoms with Gasteiger partial charge in [-0.05, 0) is 33.8 Å². The number of amides is 1. The number of ether oxygens (including phenoxy) is 2. The van der Waals surface area contributed by atoms with Crippen molar-refractivity contribution in [2.24, 2.45) is 0 Å². The number of alkyl halides is 3. The van der Waals surface area contributed by atoms with E-state index in [0.717, 1.165) is 0 Å². The van der Waals surface area contributed by atoms with E-state index in [1.807, 2.05) is 0 Å². The molecular weight excluding hydrogens is 303 g/mol. The summed E-state index contributed by atoms with van der Waals surface area (Å²) in [4.78, 5) is 19.0. The van der Waals surface area contributed by atoms with Gasteiger partial charge in [0, 0.05) is 5.69 Å². The molecule has 0 aliphatic heterocycles. The molecule has 0 aliphatic carbocycles. The van der Waals surface area contributed by atoms with Crippen LogP contribution in [0.25, 0.3) is 0 Å². The number of halogens is 3. The number of rotatable bonds is 4. The summed E-state index contributed by atoms with van der Waals surface area (Å²) >= 11 is 0. The first-order chi connectivity index (χ1) is 9.94. The van der Waals surface area contributed by atoms with Gasteiger partial charge in [0.2, 0.25) is 0 Å². The Hall–Kier alpha value is -2.06. The number of carbonyl (C=O) groups excluding carboxylic acids is 1. The second kappa shape index (κ2) is 6.80. The lowest BCUT2D eigenvalue weighted by Gasteiger charge is -2.19. The lowest BCUT2D eigenvalue weighted by molar-refractivity contribution is -0.154. The summed E-state index contributed by atoms with van der Waals surface area (Å²) in [7, 11) is 0. The Kier molecular flexibility index (Phi) is 5.56. The van der Waals surface area contributed by atoms with Crippen molar-refractivity contribution in [1.82, 2.24) is 15.3 Å². The number of hydrogen-bond donors (Lipinski definition) is 1. The number of alkyl carbamates (subject to hydrolysis) is 1. The largest absolute Gasteiger partial charge is 0.454 e. The summed E-state index contributed by atoms with van der Waals surface area (Å²) in [6, 6.07) is 1.14. The quantitative estimate of drug-likeness (QED) is 0.923. The predicted molar refractivity (Wildman–Crippen MR) is 71.4 cm³/mol. The molecule has 1 aromatic heterocycles. The van der Waals surface area contributed by atoms with Crippen molar-refractivity contribution < 1.29 is 27.4 Å². The Bertz CT molecular complexity index is 527. The second-order valence-electron chi connectivity index (χ2n) is 5.54. The molecule has 0 aliphatic rings. The van der Waals surface area contributed by atoms with Crippen LogP contribution >= 0.6 is 0 Å². The molecule has 6 nitrogen and oxygen atoms in total. The third-order valence-electron chi connectivity index (χ3n) is 2.06. The lowest BCUT2D eigenvalue weighted by atomic mass is 10.2. The third-order valence-corrected chi connectivity index (χ3v) is 2.06. The van der Waals surface area contributed by atoms with Crippen LogP contribution in [0, 0.1) is 6.92 Å². The fourth-order valence-electron chi connectivity index (χ4n) is 1.38. The molecule has 0 aromatic carbocycles. The zero-order chi connectivity index (χ0) is 17.0. The van der Waals surface area contributed by atoms with Gasteiger partial charge in [0.05, 0.1) is 12.2 Å². The van der Waals surface area contributed by atoms with Gasteiger partial charge in [-0.2, -0.15) is 18.2 Å². The molecule has 22 heavy (non-hydrogen) atoms. The van der Waals surface area contributed by atoms with E-state index in [4.69, 9.17) is 4.74 Å². The molecule has 0 radical (unpaired) electrons. The smallest absolute Gasteiger partial charge is 0.422 e. The van der Waals surface area contributed by atoms with E-state index < -0.39 is 30.5 Å². The van der Waals surface area contributed by atoms with Crippen LogP contribution in [-0.4, -0.2) is 34.4 Å². The molecule has 0 spiro atoms. The molecule has 0 atom stereocenters. The highest BCUT2D eigenvalue weighted by molar-refractivity contribution is 5.67. The number of nitrogens with zero attached hydrogens (tertiary/aromatic N) is 2. The molecule has 0 bridgehead atoms. The summed E-state index contributed by atoms with van der Waals surface area (Å²) in [5, 5.41) is 2.45. The summed E-state index contributed by atoms with van der Waals surface area (Å²) in [6.45, 7) is 5.23. The van der Waals surface area contributed by atoms with Crippen molar-refractivity contribution >= 4 is 6.09 Å². The van der Waals surface area contributed by atoms with Crippen LogP contribution in [0.2, 0.25) is 0 Å². The Labute approximate surface area is 126 Å². The molecule has 124 valence electrons. The first-order valence-electron chi connectivity index (χ1n) is 6.45. The number of aryl methyl sites for hydroxylation is 1. The lowest BCUT2D eigenvalue weighted by Crippen LogP contribution is -2.32. The summed E-state index contributed by atoms with van der Waals surface area (Å²) in [6.07, 6.45) is -5.12. The highest BCUT2D eigenvalue weighted by Crippen LogP contribution is 2.16. The van der Waals surface area contributed by atoms with Crippen molar-refractivity contribution in [3.63, 3.8) is 0 Å². The van der Waals surface area contributed by atoms with Crippen molar-refractivity contribution in [2.45, 2.75) is 46.0 Å². The molecule has 0 fully saturated rings. The normalized spacial score (nSPS) is 12.0. The van der Waals surface area contributed by atoms with Gasteiger partial charge in [-0.1, -0.05) is 0 Å². The van der Waals surface area contributed by atoms with Gasteiger partial charge < -0.3 is 14.8 Å². The van der Waals surface area contributed by atoms with Gasteiger partial charge >= 0.3 is 18.3 Å². The van der Waals surface area contributed by atoms with E-state index in [1.54, 1.807) is 27.7 Å². The summed E-state index contributed by atoms with van der Waals surface area (Å²) in [5.41, 5.74) is 0.0934. The van der Waals surface area contributed by atoms with Crippen molar-refractivity contribution in [3.05, 3.63) is 17.5 Å². The zero-order valence-electron chi connectivity index (χ0n) is 12.7. The van der Waals surface area contributed by atoms with E-state index in [1.165, 1.54) is 6.07 Å². The van der Waals surface area contributed by atoms with Crippen LogP contribution in [0.5, 0.6) is 6.01 Å². The van der Waals surface area contributed by atoms with Crippen molar-refractivity contribution in [3.8, 4) is 6.01 Å². The first kappa shape index (κ1) is 18.0. The second-order valence-corrected chi connectivity index (χ2v) is 5.54. The molecule has 1 heterocycles. The predicted octanol–water partition coefficient (Wildman–Crippen LogP) is 2.75. The Morgan fingerprint density at radius 2 is 1.91 bits per heavy atom. The monoisotopic (exact) mass is 321 g/mol. The number of nitrogens with one attached hydrogen (secondary N) is 1. The number of hydrogen-bond acceptors (Lipinski definition) is 5. The molecular formula is C13H18F3N3O3. The number of carbonyl (C=O) groups is 1. The molecule has 1 amide bonds. The molecule has 1 rings (SSSR count).